The molecule has 12 rings (SSSR count). The van der Waals surface area contributed by atoms with Crippen LogP contribution in [0.4, 0.5) is 0 Å². The Morgan fingerprint density at radius 1 is 0.305 bits per heavy atom. The topological polar surface area (TPSA) is 25.8 Å². The van der Waals surface area contributed by atoms with Crippen molar-refractivity contribution in [1.82, 2.24) is 9.97 Å². The van der Waals surface area contributed by atoms with Gasteiger partial charge in [-0.05, 0) is 66.6 Å². The van der Waals surface area contributed by atoms with Crippen molar-refractivity contribution in [3.63, 3.8) is 0 Å². The fourth-order valence-electron chi connectivity index (χ4n) is 9.04. The number of hydrogen-bond acceptors (Lipinski definition) is 3. The Balaban J connectivity index is 0.851. The third-order valence-electron chi connectivity index (χ3n) is 11.9. The van der Waals surface area contributed by atoms with Crippen LogP contribution in [0.25, 0.3) is 119 Å². The number of aromatic nitrogens is 2. The number of benzene rings is 10. The quantitative estimate of drug-likeness (QED) is 0.163. The van der Waals surface area contributed by atoms with Crippen LogP contribution >= 0.6 is 11.3 Å². The molecule has 0 N–H and O–H groups in total. The van der Waals surface area contributed by atoms with Crippen LogP contribution in [0.15, 0.2) is 206 Å². The van der Waals surface area contributed by atoms with Crippen molar-refractivity contribution in [2.45, 2.75) is 0 Å². The predicted molar refractivity (Wildman–Crippen MR) is 252 cm³/mol. The molecule has 0 saturated carbocycles. The lowest BCUT2D eigenvalue weighted by molar-refractivity contribution is 1.31. The summed E-state index contributed by atoms with van der Waals surface area (Å²) in [5.74, 6) is 0. The summed E-state index contributed by atoms with van der Waals surface area (Å²) in [4.78, 5) is 10.2. The van der Waals surface area contributed by atoms with Crippen molar-refractivity contribution in [3.05, 3.63) is 206 Å². The number of fused-ring (bicyclic) bond motifs is 10. The van der Waals surface area contributed by atoms with Gasteiger partial charge in [0.05, 0.1) is 22.9 Å². The maximum atomic E-state index is 5.23. The molecule has 0 amide bonds. The highest BCUT2D eigenvalue weighted by Gasteiger charge is 2.16. The minimum Gasteiger partial charge on any atom is -0.252 e. The van der Waals surface area contributed by atoms with E-state index in [1.165, 1.54) is 75.1 Å². The van der Waals surface area contributed by atoms with Crippen molar-refractivity contribution in [1.29, 1.82) is 0 Å². The molecular formula is C56H34N2S. The van der Waals surface area contributed by atoms with Gasteiger partial charge in [-0.25, -0.2) is 4.98 Å². The highest BCUT2D eigenvalue weighted by Crippen LogP contribution is 2.45. The summed E-state index contributed by atoms with van der Waals surface area (Å²) in [6.45, 7) is 0. The lowest BCUT2D eigenvalue weighted by Gasteiger charge is -2.11. The number of thiophene rings is 1. The van der Waals surface area contributed by atoms with E-state index in [0.717, 1.165) is 44.2 Å². The number of hydrogen-bond donors (Lipinski definition) is 0. The second-order valence-corrected chi connectivity index (χ2v) is 16.3. The van der Waals surface area contributed by atoms with Crippen molar-refractivity contribution in [2.24, 2.45) is 0 Å². The molecule has 0 fully saturated rings. The number of nitrogens with zero attached hydrogens (tertiary/aromatic N) is 2. The lowest BCUT2D eigenvalue weighted by atomic mass is 9.96. The molecule has 0 spiro atoms. The predicted octanol–water partition coefficient (Wildman–Crippen LogP) is 15.8. The van der Waals surface area contributed by atoms with Crippen molar-refractivity contribution in [3.8, 4) is 55.8 Å². The molecule has 12 aromatic rings. The molecule has 0 bridgehead atoms. The molecule has 2 heterocycles. The summed E-state index contributed by atoms with van der Waals surface area (Å²) in [7, 11) is 0. The van der Waals surface area contributed by atoms with Crippen LogP contribution in [-0.2, 0) is 0 Å². The highest BCUT2D eigenvalue weighted by molar-refractivity contribution is 7.26. The zero-order valence-electron chi connectivity index (χ0n) is 31.9. The van der Waals surface area contributed by atoms with Gasteiger partial charge in [-0.3, -0.25) is 4.98 Å². The zero-order chi connectivity index (χ0) is 38.9. The van der Waals surface area contributed by atoms with Gasteiger partial charge in [0.25, 0.3) is 0 Å². The summed E-state index contributed by atoms with van der Waals surface area (Å²) in [6, 6.07) is 72.4. The van der Waals surface area contributed by atoms with Crippen LogP contribution < -0.4 is 0 Å². The van der Waals surface area contributed by atoms with Gasteiger partial charge in [-0.2, -0.15) is 0 Å². The molecule has 10 aromatic carbocycles. The number of rotatable bonds is 5. The Morgan fingerprint density at radius 3 is 1.49 bits per heavy atom. The Morgan fingerprint density at radius 2 is 0.780 bits per heavy atom. The normalized spacial score (nSPS) is 11.7. The fraction of sp³-hybridized carbons (Fsp3) is 0. The Kier molecular flexibility index (Phi) is 7.75. The maximum Gasteiger partial charge on any atom is 0.0979 e. The van der Waals surface area contributed by atoms with Crippen molar-refractivity contribution >= 4 is 74.9 Å². The van der Waals surface area contributed by atoms with Crippen molar-refractivity contribution < 1.29 is 0 Å². The molecule has 0 atom stereocenters. The molecule has 0 saturated heterocycles. The van der Waals surface area contributed by atoms with Crippen molar-refractivity contribution in [2.75, 3.05) is 0 Å². The van der Waals surface area contributed by atoms with Gasteiger partial charge in [-0.1, -0.05) is 194 Å². The first-order chi connectivity index (χ1) is 29.2. The van der Waals surface area contributed by atoms with Gasteiger partial charge >= 0.3 is 0 Å². The molecule has 274 valence electrons. The molecule has 2 aromatic heterocycles. The third-order valence-corrected chi connectivity index (χ3v) is 13.2. The summed E-state index contributed by atoms with van der Waals surface area (Å²) in [5, 5.41) is 9.83. The standard InChI is InChI=1S/C56H34N2S/c1-2-15-42-38(11-1)12-8-21-44(42)49-22-10-24-51-50-23-9-20-43(55(50)59-56(49)51)39-31-29-36(30-32-39)35-25-27-37(28-26-35)40-13-7-14-41(33-40)52-34-57-53-47-18-5-3-16-45(47)46-17-4-6-19-48(46)54(53)58-52/h1-34H. The van der Waals surface area contributed by atoms with Gasteiger partial charge in [0.1, 0.15) is 0 Å². The van der Waals surface area contributed by atoms with E-state index in [4.69, 9.17) is 9.97 Å². The Labute approximate surface area is 345 Å². The minimum atomic E-state index is 0.869. The fourth-order valence-corrected chi connectivity index (χ4v) is 10.4. The molecular weight excluding hydrogens is 733 g/mol. The van der Waals surface area contributed by atoms with Crippen LogP contribution in [0.1, 0.15) is 0 Å². The van der Waals surface area contributed by atoms with Crippen LogP contribution in [0.5, 0.6) is 0 Å². The van der Waals surface area contributed by atoms with Gasteiger partial charge in [-0.15, -0.1) is 11.3 Å². The van der Waals surface area contributed by atoms with E-state index in [1.807, 2.05) is 17.5 Å². The third kappa shape index (κ3) is 5.55. The molecule has 59 heavy (non-hydrogen) atoms. The SMILES string of the molecule is c1cc(-c2ccc(-c3ccc(-c4cccc5c4sc4c(-c6cccc7ccccc67)cccc45)cc3)cc2)cc(-c2cnc3c4ccccc4c4ccccc4c3n2)c1. The van der Waals surface area contributed by atoms with Crippen LogP contribution in [0.3, 0.4) is 0 Å². The molecule has 2 nitrogen and oxygen atoms in total. The summed E-state index contributed by atoms with van der Waals surface area (Å²) < 4.78 is 2.66. The minimum absolute atomic E-state index is 0.869. The van der Waals surface area contributed by atoms with E-state index in [2.05, 4.69) is 200 Å². The van der Waals surface area contributed by atoms with Crippen LogP contribution in [-0.4, -0.2) is 9.97 Å². The first-order valence-corrected chi connectivity index (χ1v) is 20.9. The average molecular weight is 767 g/mol. The largest absolute Gasteiger partial charge is 0.252 e. The highest BCUT2D eigenvalue weighted by atomic mass is 32.1. The molecule has 0 aliphatic rings. The lowest BCUT2D eigenvalue weighted by Crippen LogP contribution is -1.92. The molecule has 0 radical (unpaired) electrons. The maximum absolute atomic E-state index is 5.23. The van der Waals surface area contributed by atoms with Crippen LogP contribution in [0, 0.1) is 0 Å². The molecule has 3 heteroatoms. The summed E-state index contributed by atoms with van der Waals surface area (Å²) in [6.07, 6.45) is 1.92. The summed E-state index contributed by atoms with van der Waals surface area (Å²) >= 11 is 1.91. The second-order valence-electron chi connectivity index (χ2n) is 15.3. The van der Waals surface area contributed by atoms with Gasteiger partial charge in [0, 0.05) is 42.1 Å². The molecule has 0 aliphatic carbocycles. The first kappa shape index (κ1) is 33.7. The summed E-state index contributed by atoms with van der Waals surface area (Å²) in [5.41, 5.74) is 13.6. The van der Waals surface area contributed by atoms with Gasteiger partial charge in [0.2, 0.25) is 0 Å². The van der Waals surface area contributed by atoms with Gasteiger partial charge in [0.15, 0.2) is 0 Å². The van der Waals surface area contributed by atoms with E-state index < -0.39 is 0 Å². The smallest absolute Gasteiger partial charge is 0.0979 e. The van der Waals surface area contributed by atoms with Crippen LogP contribution in [0.2, 0.25) is 0 Å². The molecule has 0 unspecified atom stereocenters. The van der Waals surface area contributed by atoms with E-state index >= 15 is 0 Å². The Hall–Kier alpha value is -7.46. The van der Waals surface area contributed by atoms with Gasteiger partial charge < -0.3 is 0 Å². The average Bonchev–Trinajstić information content (AvgIpc) is 3.71. The van der Waals surface area contributed by atoms with E-state index in [0.29, 0.717) is 0 Å². The molecule has 0 aliphatic heterocycles. The first-order valence-electron chi connectivity index (χ1n) is 20.1. The zero-order valence-corrected chi connectivity index (χ0v) is 32.7. The van der Waals surface area contributed by atoms with E-state index in [9.17, 15) is 0 Å². The van der Waals surface area contributed by atoms with E-state index in [-0.39, 0.29) is 0 Å². The van der Waals surface area contributed by atoms with E-state index in [1.54, 1.807) is 0 Å². The monoisotopic (exact) mass is 766 g/mol. The second kappa shape index (κ2) is 13.6. The Bertz CT molecular complexity index is 3560.